The molecule has 1 aliphatic heterocycles. The Balaban J connectivity index is 1.00. The van der Waals surface area contributed by atoms with E-state index in [1.165, 1.54) is 0 Å². The van der Waals surface area contributed by atoms with E-state index in [0.29, 0.717) is 30.0 Å². The van der Waals surface area contributed by atoms with Gasteiger partial charge in [-0.05, 0) is 92.4 Å². The van der Waals surface area contributed by atoms with Crippen LogP contribution in [0.4, 0.5) is 29.2 Å². The molecule has 57 heavy (non-hydrogen) atoms. The number of benzene rings is 4. The molecule has 6 N–H and O–H groups in total. The van der Waals surface area contributed by atoms with Crippen molar-refractivity contribution in [2.75, 3.05) is 92.0 Å². The van der Waals surface area contributed by atoms with E-state index in [1.54, 1.807) is 0 Å². The first-order chi connectivity index (χ1) is 27.8. The van der Waals surface area contributed by atoms with Gasteiger partial charge >= 0.3 is 0 Å². The summed E-state index contributed by atoms with van der Waals surface area (Å²) in [6.45, 7) is 16.7. The summed E-state index contributed by atoms with van der Waals surface area (Å²) < 4.78 is 29.9. The normalized spacial score (nSPS) is 13.7. The highest BCUT2D eigenvalue weighted by Gasteiger charge is 2.46. The fourth-order valence-electron chi connectivity index (χ4n) is 8.02. The number of fused-ring (bicyclic) bond motifs is 5. The molecule has 0 atom stereocenters. The van der Waals surface area contributed by atoms with Gasteiger partial charge in [0.2, 0.25) is 27.9 Å². The summed E-state index contributed by atoms with van der Waals surface area (Å²) >= 11 is 0. The molecule has 4 aromatic carbocycles. The zero-order chi connectivity index (χ0) is 39.8. The number of nitrogens with one attached hydrogen (secondary N) is 6. The molecular weight excluding hydrogens is 735 g/mol. The quantitative estimate of drug-likeness (QED) is 0.0447. The predicted molar refractivity (Wildman–Crippen MR) is 235 cm³/mol. The topological polar surface area (TPSA) is 151 Å². The molecule has 1 spiro atoms. The monoisotopic (exact) mass is 791 g/mol. The van der Waals surface area contributed by atoms with Gasteiger partial charge in [-0.25, -0.2) is 13.1 Å². The highest BCUT2D eigenvalue weighted by molar-refractivity contribution is 7.88. The smallest absolute Gasteiger partial charge is 0.229 e. The van der Waals surface area contributed by atoms with Gasteiger partial charge in [0.1, 0.15) is 0 Å². The van der Waals surface area contributed by atoms with Gasteiger partial charge < -0.3 is 36.4 Å². The molecule has 0 saturated carbocycles. The second kappa shape index (κ2) is 18.1. The van der Waals surface area contributed by atoms with Crippen LogP contribution in [0.15, 0.2) is 78.9 Å². The van der Waals surface area contributed by atoms with Crippen LogP contribution in [-0.4, -0.2) is 98.6 Å². The minimum Gasteiger partial charge on any atom is -0.355 e. The Morgan fingerprint density at radius 1 is 0.614 bits per heavy atom. The van der Waals surface area contributed by atoms with Gasteiger partial charge in [-0.15, -0.1) is 0 Å². The van der Waals surface area contributed by atoms with E-state index in [-0.39, 0.29) is 12.3 Å². The molecular formula is C43H57N11O2S. The average Bonchev–Trinajstić information content (AvgIpc) is 3.47. The molecule has 1 aliphatic carbocycles. The molecule has 14 heteroatoms. The van der Waals surface area contributed by atoms with Crippen LogP contribution < -0.4 is 31.3 Å². The summed E-state index contributed by atoms with van der Waals surface area (Å²) in [6, 6.07) is 26.9. The number of rotatable bonds is 21. The number of anilines is 5. The molecule has 0 radical (unpaired) electrons. The standard InChI is InChI=1S/C43H57N11O2S/c1-5-53(6-2)27-13-23-44-40-48-41(45-24-14-28-54(7-3)8-4)50-42(49-40)46-25-26-47-57(55,56)30-31-21-22-34-33-17-9-10-18-35(33)43(36(34)29-31)51-37-19-11-15-32-16-12-20-38(52-43)39(32)37/h9-12,15-22,29,47,51-52H,5-8,13-14,23-28,30H2,1-4H3,(H3,44,45,46,48,49,50). The molecule has 0 fully saturated rings. The number of sulfonamides is 1. The summed E-state index contributed by atoms with van der Waals surface area (Å²) in [6.07, 6.45) is 1.92. The first kappa shape index (κ1) is 40.2. The lowest BCUT2D eigenvalue weighted by molar-refractivity contribution is 0.303. The summed E-state index contributed by atoms with van der Waals surface area (Å²) in [7, 11) is -3.68. The Hall–Kier alpha value is -5.02. The molecule has 302 valence electrons. The summed E-state index contributed by atoms with van der Waals surface area (Å²) in [5.41, 5.74) is 6.30. The molecule has 0 amide bonds. The first-order valence-electron chi connectivity index (χ1n) is 20.5. The third kappa shape index (κ3) is 9.09. The average molecular weight is 792 g/mol. The fourth-order valence-corrected chi connectivity index (χ4v) is 9.15. The van der Waals surface area contributed by atoms with Crippen LogP contribution in [0.2, 0.25) is 0 Å². The Bertz CT molecular complexity index is 2180. The molecule has 5 aromatic rings. The van der Waals surface area contributed by atoms with Crippen LogP contribution in [0.3, 0.4) is 0 Å². The third-order valence-corrected chi connectivity index (χ3v) is 12.4. The molecule has 13 nitrogen and oxygen atoms in total. The van der Waals surface area contributed by atoms with Crippen molar-refractivity contribution in [2.24, 2.45) is 0 Å². The van der Waals surface area contributed by atoms with Crippen LogP contribution in [0.5, 0.6) is 0 Å². The van der Waals surface area contributed by atoms with Crippen molar-refractivity contribution in [1.29, 1.82) is 0 Å². The molecule has 0 unspecified atom stereocenters. The summed E-state index contributed by atoms with van der Waals surface area (Å²) in [4.78, 5) is 18.6. The van der Waals surface area contributed by atoms with Crippen LogP contribution in [0.1, 0.15) is 57.2 Å². The van der Waals surface area contributed by atoms with E-state index in [1.807, 2.05) is 24.3 Å². The maximum Gasteiger partial charge on any atom is 0.229 e. The van der Waals surface area contributed by atoms with E-state index in [0.717, 1.165) is 110 Å². The largest absolute Gasteiger partial charge is 0.355 e. The lowest BCUT2D eigenvalue weighted by Gasteiger charge is -2.40. The van der Waals surface area contributed by atoms with Gasteiger partial charge in [-0.2, -0.15) is 15.0 Å². The van der Waals surface area contributed by atoms with Crippen molar-refractivity contribution < 1.29 is 8.42 Å². The maximum atomic E-state index is 13.5. The van der Waals surface area contributed by atoms with Gasteiger partial charge in [0.15, 0.2) is 5.66 Å². The van der Waals surface area contributed by atoms with Gasteiger partial charge in [0.05, 0.1) is 5.75 Å². The number of nitrogens with zero attached hydrogens (tertiary/aromatic N) is 5. The zero-order valence-electron chi connectivity index (χ0n) is 33.7. The third-order valence-electron chi connectivity index (χ3n) is 11.0. The lowest BCUT2D eigenvalue weighted by Crippen LogP contribution is -2.44. The fraction of sp³-hybridized carbons (Fsp3) is 0.419. The number of aromatic nitrogens is 3. The van der Waals surface area contributed by atoms with Crippen molar-refractivity contribution in [3.05, 3.63) is 95.6 Å². The van der Waals surface area contributed by atoms with Crippen LogP contribution in [-0.2, 0) is 21.4 Å². The van der Waals surface area contributed by atoms with Crippen molar-refractivity contribution >= 4 is 50.0 Å². The van der Waals surface area contributed by atoms with Gasteiger partial charge in [0.25, 0.3) is 0 Å². The molecule has 0 bridgehead atoms. The molecule has 1 aromatic heterocycles. The summed E-state index contributed by atoms with van der Waals surface area (Å²) in [5.74, 6) is 1.19. The second-order valence-corrected chi connectivity index (χ2v) is 16.4. The minimum absolute atomic E-state index is 0.159. The zero-order valence-corrected chi connectivity index (χ0v) is 34.5. The Labute approximate surface area is 337 Å². The molecule has 0 saturated heterocycles. The van der Waals surface area contributed by atoms with Crippen LogP contribution in [0.25, 0.3) is 21.9 Å². The van der Waals surface area contributed by atoms with E-state index in [2.05, 4.69) is 138 Å². The Morgan fingerprint density at radius 2 is 1.16 bits per heavy atom. The van der Waals surface area contributed by atoms with Crippen LogP contribution >= 0.6 is 0 Å². The van der Waals surface area contributed by atoms with Gasteiger partial charge in [0, 0.05) is 54.1 Å². The number of hydrogen-bond donors (Lipinski definition) is 6. The summed E-state index contributed by atoms with van der Waals surface area (Å²) in [5, 5.41) is 19.9. The molecule has 2 aliphatic rings. The first-order valence-corrected chi connectivity index (χ1v) is 22.1. The second-order valence-electron chi connectivity index (χ2n) is 14.6. The van der Waals surface area contributed by atoms with Gasteiger partial charge in [-0.3, -0.25) is 0 Å². The SMILES string of the molecule is CCN(CC)CCCNc1nc(NCCCN(CC)CC)nc(NCCNS(=O)(=O)Cc2ccc3c(c2)C2(Nc4cccc5cccc(c45)N2)c2ccccc2-3)n1. The van der Waals surface area contributed by atoms with Gasteiger partial charge in [-0.1, -0.05) is 88.4 Å². The van der Waals surface area contributed by atoms with Crippen molar-refractivity contribution in [2.45, 2.75) is 52.0 Å². The molecule has 2 heterocycles. The highest BCUT2D eigenvalue weighted by atomic mass is 32.2. The predicted octanol–water partition coefficient (Wildman–Crippen LogP) is 6.56. The Morgan fingerprint density at radius 3 is 1.74 bits per heavy atom. The lowest BCUT2D eigenvalue weighted by atomic mass is 9.91. The van der Waals surface area contributed by atoms with E-state index in [4.69, 9.17) is 0 Å². The van der Waals surface area contributed by atoms with Crippen LogP contribution in [0, 0.1) is 0 Å². The van der Waals surface area contributed by atoms with Crippen molar-refractivity contribution in [3.63, 3.8) is 0 Å². The van der Waals surface area contributed by atoms with Crippen molar-refractivity contribution in [1.82, 2.24) is 29.5 Å². The van der Waals surface area contributed by atoms with Crippen molar-refractivity contribution in [3.8, 4) is 11.1 Å². The van der Waals surface area contributed by atoms with E-state index < -0.39 is 15.7 Å². The molecule has 7 rings (SSSR count). The maximum absolute atomic E-state index is 13.5. The van der Waals surface area contributed by atoms with E-state index in [9.17, 15) is 8.42 Å². The van der Waals surface area contributed by atoms with E-state index >= 15 is 0 Å². The Kier molecular flexibility index (Phi) is 12.7. The minimum atomic E-state index is -3.68. The number of hydrogen-bond acceptors (Lipinski definition) is 12. The highest BCUT2D eigenvalue weighted by Crippen LogP contribution is 2.53.